The number of nitrogens with zero attached hydrogens (tertiary/aromatic N) is 4. The molecule has 2 aliphatic heterocycles. The maximum Gasteiger partial charge on any atom is 0.236 e. The summed E-state index contributed by atoms with van der Waals surface area (Å²) in [6.45, 7) is 4.91. The predicted octanol–water partition coefficient (Wildman–Crippen LogP) is 1.77. The molecule has 2 aromatic rings. The van der Waals surface area contributed by atoms with E-state index in [1.54, 1.807) is 13.3 Å². The molecule has 1 aromatic carbocycles. The standard InChI is InChI=1S/C22H29N5O3/c1-29-18-6-4-16(5-7-18)19-13-24-22(23)25-21(19)17-3-2-8-27(14-17)20(28)15-26-9-11-30-12-10-26/h4-7,13,17H,2-3,8-12,14-15H2,1H3,(H2,23,24,25). The SMILES string of the molecule is COc1ccc(-c2cnc(N)nc2C2CCCN(C(=O)CN3CCOCC3)C2)cc1. The van der Waals surface area contributed by atoms with Crippen LogP contribution in [0, 0.1) is 0 Å². The monoisotopic (exact) mass is 411 g/mol. The number of aromatic nitrogens is 2. The number of carbonyl (C=O) groups excluding carboxylic acids is 1. The molecule has 3 heterocycles. The second-order valence-corrected chi connectivity index (χ2v) is 7.82. The first-order valence-electron chi connectivity index (χ1n) is 10.5. The van der Waals surface area contributed by atoms with Gasteiger partial charge in [0.2, 0.25) is 11.9 Å². The smallest absolute Gasteiger partial charge is 0.236 e. The van der Waals surface area contributed by atoms with Crippen molar-refractivity contribution in [2.75, 3.05) is 58.8 Å². The van der Waals surface area contributed by atoms with Gasteiger partial charge in [0.05, 0.1) is 32.6 Å². The molecule has 8 nitrogen and oxygen atoms in total. The van der Waals surface area contributed by atoms with Gasteiger partial charge in [0, 0.05) is 43.9 Å². The Morgan fingerprint density at radius 1 is 1.23 bits per heavy atom. The van der Waals surface area contributed by atoms with Gasteiger partial charge in [0.25, 0.3) is 0 Å². The van der Waals surface area contributed by atoms with E-state index in [1.807, 2.05) is 29.2 Å². The number of rotatable bonds is 5. The zero-order valence-electron chi connectivity index (χ0n) is 17.4. The average molecular weight is 412 g/mol. The number of carbonyl (C=O) groups is 1. The van der Waals surface area contributed by atoms with Gasteiger partial charge < -0.3 is 20.1 Å². The first-order chi connectivity index (χ1) is 14.6. The number of ether oxygens (including phenoxy) is 2. The molecule has 0 bridgehead atoms. The highest BCUT2D eigenvalue weighted by Crippen LogP contribution is 2.34. The molecule has 2 aliphatic rings. The highest BCUT2D eigenvalue weighted by Gasteiger charge is 2.29. The molecule has 0 aliphatic carbocycles. The molecule has 30 heavy (non-hydrogen) atoms. The Hall–Kier alpha value is -2.71. The van der Waals surface area contributed by atoms with Crippen LogP contribution in [-0.2, 0) is 9.53 Å². The Kier molecular flexibility index (Phi) is 6.44. The van der Waals surface area contributed by atoms with Gasteiger partial charge in [-0.05, 0) is 30.5 Å². The van der Waals surface area contributed by atoms with Gasteiger partial charge in [-0.3, -0.25) is 9.69 Å². The van der Waals surface area contributed by atoms with E-state index in [0.29, 0.717) is 26.3 Å². The van der Waals surface area contributed by atoms with E-state index in [1.165, 1.54) is 0 Å². The first-order valence-corrected chi connectivity index (χ1v) is 10.5. The van der Waals surface area contributed by atoms with Crippen molar-refractivity contribution in [3.05, 3.63) is 36.2 Å². The highest BCUT2D eigenvalue weighted by atomic mass is 16.5. The van der Waals surface area contributed by atoms with Crippen molar-refractivity contribution in [1.29, 1.82) is 0 Å². The van der Waals surface area contributed by atoms with Crippen LogP contribution in [0.1, 0.15) is 24.5 Å². The van der Waals surface area contributed by atoms with Gasteiger partial charge >= 0.3 is 0 Å². The number of methoxy groups -OCH3 is 1. The van der Waals surface area contributed by atoms with E-state index in [0.717, 1.165) is 55.0 Å². The molecule has 2 fully saturated rings. The van der Waals surface area contributed by atoms with E-state index in [4.69, 9.17) is 15.2 Å². The van der Waals surface area contributed by atoms with Crippen molar-refractivity contribution in [1.82, 2.24) is 19.8 Å². The topological polar surface area (TPSA) is 93.8 Å². The van der Waals surface area contributed by atoms with Gasteiger partial charge in [-0.2, -0.15) is 0 Å². The number of morpholine rings is 1. The van der Waals surface area contributed by atoms with Crippen LogP contribution in [0.4, 0.5) is 5.95 Å². The van der Waals surface area contributed by atoms with Crippen LogP contribution in [0.25, 0.3) is 11.1 Å². The van der Waals surface area contributed by atoms with Crippen LogP contribution < -0.4 is 10.5 Å². The molecule has 4 rings (SSSR count). The molecule has 1 unspecified atom stereocenters. The number of amides is 1. The maximum atomic E-state index is 12.9. The Bertz CT molecular complexity index is 868. The summed E-state index contributed by atoms with van der Waals surface area (Å²) < 4.78 is 10.6. The quantitative estimate of drug-likeness (QED) is 0.801. The molecule has 8 heteroatoms. The fourth-order valence-corrected chi connectivity index (χ4v) is 4.19. The van der Waals surface area contributed by atoms with Crippen LogP contribution in [-0.4, -0.2) is 78.7 Å². The summed E-state index contributed by atoms with van der Waals surface area (Å²) in [5.41, 5.74) is 8.82. The molecule has 0 saturated carbocycles. The van der Waals surface area contributed by atoms with Crippen molar-refractivity contribution in [3.8, 4) is 16.9 Å². The minimum absolute atomic E-state index is 0.134. The maximum absolute atomic E-state index is 12.9. The van der Waals surface area contributed by atoms with Crippen molar-refractivity contribution >= 4 is 11.9 Å². The second kappa shape index (κ2) is 9.40. The molecule has 1 amide bonds. The Labute approximate surface area is 177 Å². The predicted molar refractivity (Wildman–Crippen MR) is 114 cm³/mol. The lowest BCUT2D eigenvalue weighted by Gasteiger charge is -2.35. The number of piperidine rings is 1. The Morgan fingerprint density at radius 3 is 2.73 bits per heavy atom. The third-order valence-corrected chi connectivity index (χ3v) is 5.86. The summed E-state index contributed by atoms with van der Waals surface area (Å²) in [5, 5.41) is 0. The molecular formula is C22H29N5O3. The highest BCUT2D eigenvalue weighted by molar-refractivity contribution is 5.78. The van der Waals surface area contributed by atoms with Crippen LogP contribution in [0.3, 0.4) is 0 Å². The summed E-state index contributed by atoms with van der Waals surface area (Å²) >= 11 is 0. The van der Waals surface area contributed by atoms with Crippen LogP contribution in [0.15, 0.2) is 30.5 Å². The molecule has 1 atom stereocenters. The molecule has 160 valence electrons. The minimum atomic E-state index is 0.134. The number of hydrogen-bond acceptors (Lipinski definition) is 7. The van der Waals surface area contributed by atoms with Crippen molar-refractivity contribution < 1.29 is 14.3 Å². The van der Waals surface area contributed by atoms with Crippen LogP contribution in [0.5, 0.6) is 5.75 Å². The summed E-state index contributed by atoms with van der Waals surface area (Å²) in [4.78, 5) is 25.9. The van der Waals surface area contributed by atoms with Crippen molar-refractivity contribution in [3.63, 3.8) is 0 Å². The molecule has 2 N–H and O–H groups in total. The fraction of sp³-hybridized carbons (Fsp3) is 0.500. The number of nitrogens with two attached hydrogens (primary N) is 1. The van der Waals surface area contributed by atoms with Gasteiger partial charge in [-0.1, -0.05) is 12.1 Å². The fourth-order valence-electron chi connectivity index (χ4n) is 4.19. The molecule has 2 saturated heterocycles. The lowest BCUT2D eigenvalue weighted by molar-refractivity contribution is -0.134. The normalized spacial score (nSPS) is 20.2. The summed E-state index contributed by atoms with van der Waals surface area (Å²) in [5.74, 6) is 1.37. The lowest BCUT2D eigenvalue weighted by Crippen LogP contribution is -2.47. The van der Waals surface area contributed by atoms with Gasteiger partial charge in [-0.15, -0.1) is 0 Å². The lowest BCUT2D eigenvalue weighted by atomic mass is 9.90. The Balaban J connectivity index is 1.52. The Morgan fingerprint density at radius 2 is 2.00 bits per heavy atom. The van der Waals surface area contributed by atoms with Gasteiger partial charge in [-0.25, -0.2) is 9.97 Å². The molecule has 0 radical (unpaired) electrons. The summed E-state index contributed by atoms with van der Waals surface area (Å²) in [6.07, 6.45) is 3.71. The van der Waals surface area contributed by atoms with E-state index in [-0.39, 0.29) is 17.8 Å². The summed E-state index contributed by atoms with van der Waals surface area (Å²) in [6, 6.07) is 7.85. The van der Waals surface area contributed by atoms with E-state index in [9.17, 15) is 4.79 Å². The number of anilines is 1. The van der Waals surface area contributed by atoms with E-state index < -0.39 is 0 Å². The number of hydrogen-bond donors (Lipinski definition) is 1. The van der Waals surface area contributed by atoms with Crippen LogP contribution >= 0.6 is 0 Å². The molecule has 0 spiro atoms. The third-order valence-electron chi connectivity index (χ3n) is 5.86. The number of nitrogen functional groups attached to an aromatic ring is 1. The zero-order valence-corrected chi connectivity index (χ0v) is 17.4. The minimum Gasteiger partial charge on any atom is -0.497 e. The summed E-state index contributed by atoms with van der Waals surface area (Å²) in [7, 11) is 1.65. The first kappa shape index (κ1) is 20.6. The largest absolute Gasteiger partial charge is 0.497 e. The number of likely N-dealkylation sites (tertiary alicyclic amines) is 1. The van der Waals surface area contributed by atoms with Crippen molar-refractivity contribution in [2.45, 2.75) is 18.8 Å². The van der Waals surface area contributed by atoms with Crippen LogP contribution in [0.2, 0.25) is 0 Å². The van der Waals surface area contributed by atoms with Crippen molar-refractivity contribution in [2.24, 2.45) is 0 Å². The number of benzene rings is 1. The van der Waals surface area contributed by atoms with E-state index in [2.05, 4.69) is 14.9 Å². The molecular weight excluding hydrogens is 382 g/mol. The van der Waals surface area contributed by atoms with Gasteiger partial charge in [0.15, 0.2) is 0 Å². The molecule has 1 aromatic heterocycles. The van der Waals surface area contributed by atoms with Gasteiger partial charge in [0.1, 0.15) is 5.75 Å². The third kappa shape index (κ3) is 4.71. The second-order valence-electron chi connectivity index (χ2n) is 7.82. The van der Waals surface area contributed by atoms with E-state index >= 15 is 0 Å². The average Bonchev–Trinajstić information content (AvgIpc) is 2.80. The zero-order chi connectivity index (χ0) is 20.9.